The van der Waals surface area contributed by atoms with Crippen molar-refractivity contribution in [2.24, 2.45) is 5.41 Å². The Labute approximate surface area is 246 Å². The number of hydrogen-bond acceptors (Lipinski definition) is 3. The zero-order valence-corrected chi connectivity index (χ0v) is 25.2. The number of allylic oxidation sites excluding steroid dienone is 3. The molecule has 4 nitrogen and oxygen atoms in total. The summed E-state index contributed by atoms with van der Waals surface area (Å²) >= 11 is 0. The van der Waals surface area contributed by atoms with Crippen LogP contribution in [0.25, 0.3) is 18.5 Å². The average molecular weight is 547 g/mol. The third-order valence-electron chi connectivity index (χ3n) is 8.14. The molecular weight excluding hydrogens is 500 g/mol. The SMILES string of the molecule is C=c1c(Cc2ccc(CCCCCCC(C)(C)C)c(N)c2)nc2n1C=C(C1=CCCC=C1)NC=2Cc1ccccc1. The van der Waals surface area contributed by atoms with Crippen LogP contribution in [0.2, 0.25) is 0 Å². The third-order valence-corrected chi connectivity index (χ3v) is 8.14. The number of nitrogens with one attached hydrogen (secondary N) is 1. The molecule has 0 fully saturated rings. The van der Waals surface area contributed by atoms with Crippen LogP contribution in [-0.4, -0.2) is 9.55 Å². The van der Waals surface area contributed by atoms with Gasteiger partial charge in [-0.3, -0.25) is 4.57 Å². The Morgan fingerprint density at radius 1 is 0.951 bits per heavy atom. The molecule has 214 valence electrons. The van der Waals surface area contributed by atoms with Gasteiger partial charge >= 0.3 is 0 Å². The predicted molar refractivity (Wildman–Crippen MR) is 174 cm³/mol. The average Bonchev–Trinajstić information content (AvgIpc) is 3.27. The quantitative estimate of drug-likeness (QED) is 0.200. The highest BCUT2D eigenvalue weighted by molar-refractivity contribution is 5.61. The summed E-state index contributed by atoms with van der Waals surface area (Å²) in [4.78, 5) is 5.13. The second-order valence-corrected chi connectivity index (χ2v) is 12.8. The molecule has 2 aromatic carbocycles. The van der Waals surface area contributed by atoms with Crippen molar-refractivity contribution in [2.75, 3.05) is 5.73 Å². The lowest BCUT2D eigenvalue weighted by Crippen LogP contribution is -2.36. The monoisotopic (exact) mass is 546 g/mol. The summed E-state index contributed by atoms with van der Waals surface area (Å²) < 4.78 is 2.17. The van der Waals surface area contributed by atoms with Gasteiger partial charge in [-0.2, -0.15) is 0 Å². The Morgan fingerprint density at radius 3 is 2.49 bits per heavy atom. The number of nitrogens with zero attached hydrogens (tertiary/aromatic N) is 2. The highest BCUT2D eigenvalue weighted by Gasteiger charge is 2.18. The number of unbranched alkanes of at least 4 members (excludes halogenated alkanes) is 3. The van der Waals surface area contributed by atoms with Crippen molar-refractivity contribution in [3.63, 3.8) is 0 Å². The van der Waals surface area contributed by atoms with E-state index in [0.29, 0.717) is 11.8 Å². The Hall–Kier alpha value is -3.79. The molecular formula is C37H46N4. The Kier molecular flexibility index (Phi) is 8.97. The Morgan fingerprint density at radius 2 is 1.76 bits per heavy atom. The van der Waals surface area contributed by atoms with Crippen LogP contribution in [0.4, 0.5) is 5.69 Å². The molecule has 5 rings (SSSR count). The first-order valence-corrected chi connectivity index (χ1v) is 15.3. The number of anilines is 1. The van der Waals surface area contributed by atoms with Gasteiger partial charge in [0.25, 0.3) is 0 Å². The molecule has 1 aliphatic heterocycles. The number of imidazole rings is 1. The van der Waals surface area contributed by atoms with Crippen molar-refractivity contribution in [2.45, 2.75) is 85.0 Å². The molecule has 1 aliphatic carbocycles. The Balaban J connectivity index is 1.33. The standard InChI is InChI=1S/C37H46N4/c1-27-33(25-29-20-21-30(32(38)23-29)17-11-5-6-14-22-37(2,3)4)40-36-34(24-28-15-9-7-10-16-28)39-35(26-41(27)36)31-18-12-8-13-19-31/h7,9-10,12,15-16,18-21,23,26,39H,1,5-6,8,11,13-14,17,22,24-25,38H2,2-4H3. The minimum atomic E-state index is 0.434. The fourth-order valence-corrected chi connectivity index (χ4v) is 5.77. The van der Waals surface area contributed by atoms with Crippen molar-refractivity contribution >= 4 is 24.2 Å². The number of nitrogens with two attached hydrogens (primary N) is 1. The van der Waals surface area contributed by atoms with Gasteiger partial charge in [-0.25, -0.2) is 4.98 Å². The van der Waals surface area contributed by atoms with Crippen LogP contribution in [0.3, 0.4) is 0 Å². The molecule has 4 heteroatoms. The molecule has 3 aromatic rings. The summed E-state index contributed by atoms with van der Waals surface area (Å²) in [5.74, 6) is 0. The molecule has 0 saturated heterocycles. The number of aryl methyl sites for hydroxylation is 1. The van der Waals surface area contributed by atoms with E-state index in [1.165, 1.54) is 54.4 Å². The molecule has 2 aliphatic rings. The van der Waals surface area contributed by atoms with Crippen LogP contribution in [0, 0.1) is 5.41 Å². The highest BCUT2D eigenvalue weighted by atomic mass is 15.1. The van der Waals surface area contributed by atoms with Gasteiger partial charge in [0.05, 0.1) is 22.4 Å². The van der Waals surface area contributed by atoms with Crippen LogP contribution in [0.5, 0.6) is 0 Å². The zero-order chi connectivity index (χ0) is 28.8. The molecule has 41 heavy (non-hydrogen) atoms. The van der Waals surface area contributed by atoms with Gasteiger partial charge in [-0.05, 0) is 65.8 Å². The van der Waals surface area contributed by atoms with Crippen LogP contribution < -0.4 is 21.9 Å². The summed E-state index contributed by atoms with van der Waals surface area (Å²) in [6.07, 6.45) is 20.0. The summed E-state index contributed by atoms with van der Waals surface area (Å²) in [6.45, 7) is 11.5. The van der Waals surface area contributed by atoms with Gasteiger partial charge < -0.3 is 11.1 Å². The summed E-state index contributed by atoms with van der Waals surface area (Å²) in [7, 11) is 0. The van der Waals surface area contributed by atoms with E-state index in [4.69, 9.17) is 10.7 Å². The number of benzene rings is 2. The van der Waals surface area contributed by atoms with Gasteiger partial charge in [0.15, 0.2) is 5.48 Å². The molecule has 3 N–H and O–H groups in total. The van der Waals surface area contributed by atoms with Crippen molar-refractivity contribution in [3.05, 3.63) is 111 Å². The molecule has 1 aromatic heterocycles. The van der Waals surface area contributed by atoms with Gasteiger partial charge in [-0.15, -0.1) is 0 Å². The first kappa shape index (κ1) is 28.7. The maximum Gasteiger partial charge on any atom is 0.157 e. The fourth-order valence-electron chi connectivity index (χ4n) is 5.77. The largest absolute Gasteiger partial charge is 0.398 e. The first-order chi connectivity index (χ1) is 19.8. The lowest BCUT2D eigenvalue weighted by atomic mass is 9.89. The smallest absolute Gasteiger partial charge is 0.157 e. The van der Waals surface area contributed by atoms with E-state index in [1.807, 2.05) is 0 Å². The van der Waals surface area contributed by atoms with Crippen molar-refractivity contribution in [1.29, 1.82) is 0 Å². The van der Waals surface area contributed by atoms with Gasteiger partial charge in [0.1, 0.15) is 0 Å². The maximum atomic E-state index is 6.54. The summed E-state index contributed by atoms with van der Waals surface area (Å²) in [6, 6.07) is 17.1. The van der Waals surface area contributed by atoms with Crippen molar-refractivity contribution in [1.82, 2.24) is 14.9 Å². The minimum absolute atomic E-state index is 0.434. The molecule has 2 heterocycles. The highest BCUT2D eigenvalue weighted by Crippen LogP contribution is 2.24. The molecule has 0 atom stereocenters. The normalized spacial score (nSPS) is 14.9. The van der Waals surface area contributed by atoms with E-state index < -0.39 is 0 Å². The number of aromatic nitrogens is 2. The van der Waals surface area contributed by atoms with Gasteiger partial charge in [-0.1, -0.05) is 107 Å². The van der Waals surface area contributed by atoms with Crippen molar-refractivity contribution < 1.29 is 0 Å². The zero-order valence-electron chi connectivity index (χ0n) is 25.2. The van der Waals surface area contributed by atoms with Crippen LogP contribution in [0.15, 0.2) is 78.0 Å². The van der Waals surface area contributed by atoms with E-state index in [-0.39, 0.29) is 0 Å². The fraction of sp³-hybridized carbons (Fsp3) is 0.378. The predicted octanol–water partition coefficient (Wildman–Crippen LogP) is 7.03. The van der Waals surface area contributed by atoms with E-state index in [0.717, 1.165) is 59.3 Å². The number of fused-ring (bicyclic) bond motifs is 1. The summed E-state index contributed by atoms with van der Waals surface area (Å²) in [5.41, 5.74) is 16.9. The molecule has 0 saturated carbocycles. The number of hydrogen-bond donors (Lipinski definition) is 2. The minimum Gasteiger partial charge on any atom is -0.398 e. The van der Waals surface area contributed by atoms with Crippen molar-refractivity contribution in [3.8, 4) is 0 Å². The van der Waals surface area contributed by atoms with Gasteiger partial charge in [0.2, 0.25) is 0 Å². The van der Waals surface area contributed by atoms with Crippen LogP contribution in [0.1, 0.15) is 88.1 Å². The van der Waals surface area contributed by atoms with Crippen LogP contribution >= 0.6 is 0 Å². The van der Waals surface area contributed by atoms with Crippen LogP contribution in [-0.2, 0) is 19.3 Å². The topological polar surface area (TPSA) is 55.9 Å². The number of nitrogen functional groups attached to an aromatic ring is 1. The molecule has 0 amide bonds. The molecule has 0 radical (unpaired) electrons. The molecule has 0 spiro atoms. The summed E-state index contributed by atoms with van der Waals surface area (Å²) in [5, 5.41) is 4.65. The lowest BCUT2D eigenvalue weighted by molar-refractivity contribution is 0.357. The van der Waals surface area contributed by atoms with E-state index >= 15 is 0 Å². The number of rotatable bonds is 11. The third kappa shape index (κ3) is 7.49. The lowest BCUT2D eigenvalue weighted by Gasteiger charge is -2.21. The van der Waals surface area contributed by atoms with Gasteiger partial charge in [0, 0.05) is 24.7 Å². The van der Waals surface area contributed by atoms with E-state index in [2.05, 4.69) is 110 Å². The maximum absolute atomic E-state index is 6.54. The first-order valence-electron chi connectivity index (χ1n) is 15.3. The molecule has 0 bridgehead atoms. The second-order valence-electron chi connectivity index (χ2n) is 12.8. The van der Waals surface area contributed by atoms with E-state index in [1.54, 1.807) is 0 Å². The Bertz CT molecular complexity index is 1560. The molecule has 0 unspecified atom stereocenters. The van der Waals surface area contributed by atoms with E-state index in [9.17, 15) is 0 Å². The second kappa shape index (κ2) is 12.8.